The fraction of sp³-hybridized carbons (Fsp3) is 0.500. The molecule has 0 fully saturated rings. The molecular formula is C18H25NO5. The van der Waals surface area contributed by atoms with Gasteiger partial charge in [0.05, 0.1) is 13.7 Å². The van der Waals surface area contributed by atoms with Gasteiger partial charge in [0.2, 0.25) is 5.91 Å². The summed E-state index contributed by atoms with van der Waals surface area (Å²) in [5.74, 6) is -0.274. The van der Waals surface area contributed by atoms with Crippen LogP contribution in [-0.2, 0) is 14.3 Å². The third-order valence-corrected chi connectivity index (χ3v) is 3.47. The van der Waals surface area contributed by atoms with Crippen molar-refractivity contribution in [2.45, 2.75) is 45.6 Å². The van der Waals surface area contributed by atoms with Gasteiger partial charge in [-0.15, -0.1) is 0 Å². The number of unbranched alkanes of at least 4 members (excludes halogenated alkanes) is 1. The number of esters is 1. The number of methoxy groups -OCH3 is 1. The highest BCUT2D eigenvalue weighted by atomic mass is 16.5. The fourth-order valence-corrected chi connectivity index (χ4v) is 2.13. The maximum absolute atomic E-state index is 12.2. The Labute approximate surface area is 142 Å². The Hall–Kier alpha value is -2.37. The first-order chi connectivity index (χ1) is 11.5. The van der Waals surface area contributed by atoms with Gasteiger partial charge in [-0.3, -0.25) is 9.59 Å². The lowest BCUT2D eigenvalue weighted by molar-refractivity contribution is -0.145. The number of carbonyl (C=O) groups is 3. The van der Waals surface area contributed by atoms with Crippen molar-refractivity contribution < 1.29 is 23.9 Å². The number of rotatable bonds is 10. The highest BCUT2D eigenvalue weighted by Crippen LogP contribution is 2.15. The van der Waals surface area contributed by atoms with Gasteiger partial charge in [0.15, 0.2) is 5.78 Å². The topological polar surface area (TPSA) is 81.7 Å². The van der Waals surface area contributed by atoms with E-state index in [1.54, 1.807) is 24.3 Å². The lowest BCUT2D eigenvalue weighted by Gasteiger charge is -2.14. The van der Waals surface area contributed by atoms with Crippen molar-refractivity contribution in [1.82, 2.24) is 5.32 Å². The third-order valence-electron chi connectivity index (χ3n) is 3.47. The number of carbonyl (C=O) groups excluding carboxylic acids is 3. The van der Waals surface area contributed by atoms with E-state index < -0.39 is 12.0 Å². The van der Waals surface area contributed by atoms with Crippen LogP contribution in [0.25, 0.3) is 0 Å². The summed E-state index contributed by atoms with van der Waals surface area (Å²) in [5, 5.41) is 2.49. The zero-order chi connectivity index (χ0) is 17.9. The van der Waals surface area contributed by atoms with E-state index in [9.17, 15) is 14.4 Å². The van der Waals surface area contributed by atoms with Crippen molar-refractivity contribution in [2.24, 2.45) is 0 Å². The van der Waals surface area contributed by atoms with E-state index in [1.165, 1.54) is 14.0 Å². The Morgan fingerprint density at radius 3 is 2.38 bits per heavy atom. The molecule has 0 saturated heterocycles. The number of nitrogens with one attached hydrogen (secondary N) is 1. The minimum absolute atomic E-state index is 0.102. The summed E-state index contributed by atoms with van der Waals surface area (Å²) in [7, 11) is 1.25. The standard InChI is InChI=1S/C18H25NO5/c1-4-5-12-24-15-8-6-14(7-9-15)17(21)11-10-16(18(22)23-3)19-13(2)20/h6-9,16H,4-5,10-12H2,1-3H3,(H,19,20)/t16-/m0/s1. The maximum Gasteiger partial charge on any atom is 0.328 e. The molecule has 0 saturated carbocycles. The van der Waals surface area contributed by atoms with Crippen LogP contribution in [-0.4, -0.2) is 37.4 Å². The summed E-state index contributed by atoms with van der Waals surface area (Å²) in [6.45, 7) is 4.06. The minimum Gasteiger partial charge on any atom is -0.494 e. The molecule has 0 aliphatic rings. The first-order valence-corrected chi connectivity index (χ1v) is 8.09. The molecule has 0 bridgehead atoms. The van der Waals surface area contributed by atoms with Crippen LogP contribution in [0.15, 0.2) is 24.3 Å². The van der Waals surface area contributed by atoms with Gasteiger partial charge >= 0.3 is 5.97 Å². The molecule has 6 nitrogen and oxygen atoms in total. The minimum atomic E-state index is -0.812. The van der Waals surface area contributed by atoms with Gasteiger partial charge in [-0.2, -0.15) is 0 Å². The van der Waals surface area contributed by atoms with E-state index in [2.05, 4.69) is 17.0 Å². The van der Waals surface area contributed by atoms with Crippen LogP contribution in [0, 0.1) is 0 Å². The molecule has 24 heavy (non-hydrogen) atoms. The van der Waals surface area contributed by atoms with Crippen molar-refractivity contribution in [3.05, 3.63) is 29.8 Å². The van der Waals surface area contributed by atoms with Gasteiger partial charge in [-0.1, -0.05) is 13.3 Å². The Balaban J connectivity index is 2.56. The van der Waals surface area contributed by atoms with Crippen molar-refractivity contribution >= 4 is 17.7 Å². The Kier molecular flexibility index (Phi) is 8.54. The Morgan fingerprint density at radius 1 is 1.17 bits per heavy atom. The fourth-order valence-electron chi connectivity index (χ4n) is 2.13. The van der Waals surface area contributed by atoms with E-state index in [0.29, 0.717) is 12.2 Å². The summed E-state index contributed by atoms with van der Waals surface area (Å²) in [6, 6.07) is 6.11. The lowest BCUT2D eigenvalue weighted by atomic mass is 10.0. The van der Waals surface area contributed by atoms with E-state index in [4.69, 9.17) is 4.74 Å². The molecule has 0 spiro atoms. The number of Topliss-reactive ketones (excluding diaryl/α,β-unsaturated/α-hetero) is 1. The number of benzene rings is 1. The Morgan fingerprint density at radius 2 is 1.83 bits per heavy atom. The molecule has 1 atom stereocenters. The van der Waals surface area contributed by atoms with Gasteiger partial charge in [0.25, 0.3) is 0 Å². The molecule has 132 valence electrons. The smallest absolute Gasteiger partial charge is 0.328 e. The van der Waals surface area contributed by atoms with Crippen LogP contribution in [0.5, 0.6) is 5.75 Å². The lowest BCUT2D eigenvalue weighted by Crippen LogP contribution is -2.40. The highest BCUT2D eigenvalue weighted by Gasteiger charge is 2.21. The normalized spacial score (nSPS) is 11.5. The molecule has 1 N–H and O–H groups in total. The van der Waals surface area contributed by atoms with Gasteiger partial charge < -0.3 is 14.8 Å². The van der Waals surface area contributed by atoms with Gasteiger partial charge in [0.1, 0.15) is 11.8 Å². The quantitative estimate of drug-likeness (QED) is 0.404. The number of hydrogen-bond acceptors (Lipinski definition) is 5. The van der Waals surface area contributed by atoms with Crippen molar-refractivity contribution in [3.8, 4) is 5.75 Å². The van der Waals surface area contributed by atoms with E-state index in [0.717, 1.165) is 18.6 Å². The number of ether oxygens (including phenoxy) is 2. The molecule has 0 aliphatic heterocycles. The summed E-state index contributed by atoms with van der Waals surface area (Å²) in [4.78, 5) is 34.9. The molecule has 1 aromatic rings. The first kappa shape index (κ1) is 19.7. The van der Waals surface area contributed by atoms with E-state index >= 15 is 0 Å². The number of hydrogen-bond donors (Lipinski definition) is 1. The molecule has 6 heteroatoms. The van der Waals surface area contributed by atoms with Crippen LogP contribution in [0.1, 0.15) is 49.9 Å². The SMILES string of the molecule is CCCCOc1ccc(C(=O)CC[C@H](NC(C)=O)C(=O)OC)cc1. The zero-order valence-corrected chi connectivity index (χ0v) is 14.5. The third kappa shape index (κ3) is 6.81. The van der Waals surface area contributed by atoms with Crippen LogP contribution in [0.3, 0.4) is 0 Å². The van der Waals surface area contributed by atoms with Crippen LogP contribution in [0.2, 0.25) is 0 Å². The second-order valence-corrected chi connectivity index (χ2v) is 5.46. The van der Waals surface area contributed by atoms with Gasteiger partial charge in [-0.05, 0) is 37.1 Å². The van der Waals surface area contributed by atoms with Crippen molar-refractivity contribution in [3.63, 3.8) is 0 Å². The maximum atomic E-state index is 12.2. The van der Waals surface area contributed by atoms with Crippen molar-refractivity contribution in [2.75, 3.05) is 13.7 Å². The number of amides is 1. The van der Waals surface area contributed by atoms with Gasteiger partial charge in [0, 0.05) is 18.9 Å². The summed E-state index contributed by atoms with van der Waals surface area (Å²) in [5.41, 5.74) is 0.546. The average molecular weight is 335 g/mol. The highest BCUT2D eigenvalue weighted by molar-refractivity contribution is 5.96. The summed E-state index contributed by atoms with van der Waals surface area (Å²) < 4.78 is 10.2. The Bertz CT molecular complexity index is 553. The predicted octanol–water partition coefficient (Wildman–Crippen LogP) is 2.51. The molecule has 0 unspecified atom stereocenters. The van der Waals surface area contributed by atoms with E-state index in [1.807, 2.05) is 0 Å². The largest absolute Gasteiger partial charge is 0.494 e. The number of ketones is 1. The molecule has 1 amide bonds. The first-order valence-electron chi connectivity index (χ1n) is 8.09. The van der Waals surface area contributed by atoms with Crippen LogP contribution < -0.4 is 10.1 Å². The van der Waals surface area contributed by atoms with Crippen molar-refractivity contribution in [1.29, 1.82) is 0 Å². The molecule has 0 aliphatic carbocycles. The van der Waals surface area contributed by atoms with Gasteiger partial charge in [-0.25, -0.2) is 4.79 Å². The summed E-state index contributed by atoms with van der Waals surface area (Å²) >= 11 is 0. The molecule has 1 rings (SSSR count). The molecule has 0 aromatic heterocycles. The van der Waals surface area contributed by atoms with E-state index in [-0.39, 0.29) is 24.5 Å². The van der Waals surface area contributed by atoms with Crippen LogP contribution >= 0.6 is 0 Å². The molecule has 0 radical (unpaired) electrons. The predicted molar refractivity (Wildman–Crippen MR) is 90.0 cm³/mol. The average Bonchev–Trinajstić information content (AvgIpc) is 2.58. The molecule has 0 heterocycles. The second-order valence-electron chi connectivity index (χ2n) is 5.46. The monoisotopic (exact) mass is 335 g/mol. The molecular weight excluding hydrogens is 310 g/mol. The second kappa shape index (κ2) is 10.4. The molecule has 1 aromatic carbocycles. The zero-order valence-electron chi connectivity index (χ0n) is 14.5. The van der Waals surface area contributed by atoms with Crippen LogP contribution in [0.4, 0.5) is 0 Å². The summed E-state index contributed by atoms with van der Waals surface area (Å²) in [6.07, 6.45) is 2.38.